The molecule has 1 heterocycles. The summed E-state index contributed by atoms with van der Waals surface area (Å²) in [4.78, 5) is 11.2. The average Bonchev–Trinajstić information content (AvgIpc) is 2.65. The monoisotopic (exact) mass is 363 g/mol. The van der Waals surface area contributed by atoms with Crippen LogP contribution in [0.15, 0.2) is 29.3 Å². The van der Waals surface area contributed by atoms with Crippen molar-refractivity contribution in [2.45, 2.75) is 32.7 Å². The Morgan fingerprint density at radius 2 is 1.88 bits per heavy atom. The molecule has 0 unspecified atom stereocenters. The predicted octanol–water partition coefficient (Wildman–Crippen LogP) is 2.64. The molecule has 26 heavy (non-hydrogen) atoms. The molecule has 5 nitrogen and oxygen atoms in total. The zero-order chi connectivity index (χ0) is 18.9. The van der Waals surface area contributed by atoms with Crippen molar-refractivity contribution in [3.8, 4) is 0 Å². The zero-order valence-electron chi connectivity index (χ0n) is 16.7. The van der Waals surface area contributed by atoms with Crippen molar-refractivity contribution in [1.29, 1.82) is 0 Å². The smallest absolute Gasteiger partial charge is 0.193 e. The molecule has 1 aromatic rings. The summed E-state index contributed by atoms with van der Waals surface area (Å²) >= 11 is 0. The molecule has 2 rings (SSSR count). The zero-order valence-corrected chi connectivity index (χ0v) is 16.7. The lowest BCUT2D eigenvalue weighted by Gasteiger charge is -2.37. The topological polar surface area (TPSA) is 34.1 Å². The number of para-hydroxylation sites is 1. The normalized spacial score (nSPS) is 15.9. The molecule has 0 spiro atoms. The highest BCUT2D eigenvalue weighted by Gasteiger charge is 2.21. The van der Waals surface area contributed by atoms with Crippen LogP contribution < -0.4 is 10.2 Å². The summed E-state index contributed by atoms with van der Waals surface area (Å²) in [5.74, 6) is 0.810. The van der Waals surface area contributed by atoms with Gasteiger partial charge in [0.25, 0.3) is 0 Å². The first-order valence-electron chi connectivity index (χ1n) is 9.68. The van der Waals surface area contributed by atoms with Gasteiger partial charge in [-0.15, -0.1) is 0 Å². The lowest BCUT2D eigenvalue weighted by atomic mass is 10.2. The van der Waals surface area contributed by atoms with Crippen LogP contribution in [0, 0.1) is 5.82 Å². The van der Waals surface area contributed by atoms with Crippen LogP contribution in [-0.2, 0) is 0 Å². The van der Waals surface area contributed by atoms with Gasteiger partial charge >= 0.3 is 0 Å². The first-order valence-corrected chi connectivity index (χ1v) is 9.68. The van der Waals surface area contributed by atoms with Gasteiger partial charge in [-0.2, -0.15) is 0 Å². The van der Waals surface area contributed by atoms with Crippen LogP contribution >= 0.6 is 0 Å². The first kappa shape index (κ1) is 20.5. The number of aliphatic imine (C=N–C) groups is 1. The standard InChI is InChI=1S/C20H34FN5/c1-17(2)24(4)12-8-7-11-23-20(22-3)26-15-13-25(14-16-26)19-10-6-5-9-18(19)21/h5-6,9-10,17H,7-8,11-16H2,1-4H3,(H,22,23). The van der Waals surface area contributed by atoms with Crippen molar-refractivity contribution in [1.82, 2.24) is 15.1 Å². The number of guanidine groups is 1. The molecule has 1 N–H and O–H groups in total. The van der Waals surface area contributed by atoms with E-state index in [1.807, 2.05) is 19.2 Å². The number of nitrogens with zero attached hydrogens (tertiary/aromatic N) is 4. The number of unbranched alkanes of at least 4 members (excludes halogenated alkanes) is 1. The molecular weight excluding hydrogens is 329 g/mol. The molecule has 0 aliphatic carbocycles. The highest BCUT2D eigenvalue weighted by atomic mass is 19.1. The van der Waals surface area contributed by atoms with Gasteiger partial charge in [-0.05, 0) is 52.4 Å². The number of piperazine rings is 1. The third-order valence-electron chi connectivity index (χ3n) is 5.09. The lowest BCUT2D eigenvalue weighted by Crippen LogP contribution is -2.52. The Morgan fingerprint density at radius 1 is 1.19 bits per heavy atom. The first-order chi connectivity index (χ1) is 12.5. The van der Waals surface area contributed by atoms with Crippen LogP contribution in [0.1, 0.15) is 26.7 Å². The Bertz CT molecular complexity index is 567. The van der Waals surface area contributed by atoms with Crippen LogP contribution in [0.4, 0.5) is 10.1 Å². The van der Waals surface area contributed by atoms with Crippen LogP contribution in [-0.4, -0.2) is 75.2 Å². The fourth-order valence-electron chi connectivity index (χ4n) is 3.14. The number of hydrogen-bond donors (Lipinski definition) is 1. The van der Waals surface area contributed by atoms with E-state index in [4.69, 9.17) is 0 Å². The van der Waals surface area contributed by atoms with Crippen molar-refractivity contribution in [3.63, 3.8) is 0 Å². The molecular formula is C20H34FN5. The maximum atomic E-state index is 13.9. The third-order valence-corrected chi connectivity index (χ3v) is 5.09. The van der Waals surface area contributed by atoms with E-state index in [0.717, 1.165) is 51.6 Å². The minimum absolute atomic E-state index is 0.144. The molecule has 0 aromatic heterocycles. The van der Waals surface area contributed by atoms with Crippen LogP contribution in [0.5, 0.6) is 0 Å². The minimum Gasteiger partial charge on any atom is -0.366 e. The molecule has 1 aliphatic rings. The Morgan fingerprint density at radius 3 is 2.50 bits per heavy atom. The Kier molecular flexibility index (Phi) is 8.16. The number of benzene rings is 1. The fraction of sp³-hybridized carbons (Fsp3) is 0.650. The van der Waals surface area contributed by atoms with E-state index in [1.54, 1.807) is 6.07 Å². The van der Waals surface area contributed by atoms with Crippen molar-refractivity contribution < 1.29 is 4.39 Å². The second-order valence-electron chi connectivity index (χ2n) is 7.18. The highest BCUT2D eigenvalue weighted by Crippen LogP contribution is 2.20. The number of nitrogens with one attached hydrogen (secondary N) is 1. The maximum absolute atomic E-state index is 13.9. The largest absolute Gasteiger partial charge is 0.366 e. The van der Waals surface area contributed by atoms with E-state index >= 15 is 0 Å². The van der Waals surface area contributed by atoms with Gasteiger partial charge < -0.3 is 20.0 Å². The molecule has 146 valence electrons. The molecule has 6 heteroatoms. The van der Waals surface area contributed by atoms with Gasteiger partial charge in [0.1, 0.15) is 5.82 Å². The summed E-state index contributed by atoms with van der Waals surface area (Å²) < 4.78 is 13.9. The average molecular weight is 364 g/mol. The van der Waals surface area contributed by atoms with Crippen LogP contribution in [0.25, 0.3) is 0 Å². The van der Waals surface area contributed by atoms with Crippen molar-refractivity contribution in [2.24, 2.45) is 4.99 Å². The summed E-state index contributed by atoms with van der Waals surface area (Å²) in [5.41, 5.74) is 0.698. The van der Waals surface area contributed by atoms with Gasteiger partial charge in [0.05, 0.1) is 5.69 Å². The molecule has 1 saturated heterocycles. The van der Waals surface area contributed by atoms with Crippen molar-refractivity contribution in [3.05, 3.63) is 30.1 Å². The molecule has 0 radical (unpaired) electrons. The molecule has 0 bridgehead atoms. The van der Waals surface area contributed by atoms with Crippen LogP contribution in [0.2, 0.25) is 0 Å². The summed E-state index contributed by atoms with van der Waals surface area (Å²) in [5, 5.41) is 3.47. The third kappa shape index (κ3) is 5.87. The van der Waals surface area contributed by atoms with Gasteiger partial charge in [-0.1, -0.05) is 12.1 Å². The summed E-state index contributed by atoms with van der Waals surface area (Å²) in [6, 6.07) is 7.61. The molecule has 1 aliphatic heterocycles. The van der Waals surface area contributed by atoms with E-state index in [1.165, 1.54) is 12.5 Å². The lowest BCUT2D eigenvalue weighted by molar-refractivity contribution is 0.268. The number of rotatable bonds is 7. The van der Waals surface area contributed by atoms with Gasteiger partial charge in [-0.3, -0.25) is 4.99 Å². The highest BCUT2D eigenvalue weighted by molar-refractivity contribution is 5.80. The van der Waals surface area contributed by atoms with E-state index in [2.05, 4.69) is 45.9 Å². The van der Waals surface area contributed by atoms with Crippen molar-refractivity contribution in [2.75, 3.05) is 58.3 Å². The van der Waals surface area contributed by atoms with Gasteiger partial charge in [0.2, 0.25) is 0 Å². The molecule has 0 atom stereocenters. The summed E-state index contributed by atoms with van der Waals surface area (Å²) in [7, 11) is 4.00. The van der Waals surface area contributed by atoms with Crippen molar-refractivity contribution >= 4 is 11.6 Å². The van der Waals surface area contributed by atoms with Crippen LogP contribution in [0.3, 0.4) is 0 Å². The van der Waals surface area contributed by atoms with E-state index in [9.17, 15) is 4.39 Å². The predicted molar refractivity (Wildman–Crippen MR) is 109 cm³/mol. The minimum atomic E-state index is -0.144. The maximum Gasteiger partial charge on any atom is 0.193 e. The quantitative estimate of drug-likeness (QED) is 0.459. The molecule has 0 amide bonds. The molecule has 1 aromatic carbocycles. The molecule has 1 fully saturated rings. The number of hydrogen-bond acceptors (Lipinski definition) is 3. The van der Waals surface area contributed by atoms with E-state index < -0.39 is 0 Å². The number of anilines is 1. The summed E-state index contributed by atoms with van der Waals surface area (Å²) in [6.45, 7) is 9.82. The fourth-order valence-corrected chi connectivity index (χ4v) is 3.14. The summed E-state index contributed by atoms with van der Waals surface area (Å²) in [6.07, 6.45) is 2.31. The number of halogens is 1. The molecule has 0 saturated carbocycles. The Balaban J connectivity index is 1.72. The second kappa shape index (κ2) is 10.4. The SMILES string of the molecule is CN=C(NCCCCN(C)C(C)C)N1CCN(c2ccccc2F)CC1. The van der Waals surface area contributed by atoms with Gasteiger partial charge in [-0.25, -0.2) is 4.39 Å². The van der Waals surface area contributed by atoms with E-state index in [-0.39, 0.29) is 5.82 Å². The Labute approximate surface area is 157 Å². The Hall–Kier alpha value is -1.82. The van der Waals surface area contributed by atoms with Gasteiger partial charge in [0, 0.05) is 45.8 Å². The van der Waals surface area contributed by atoms with Gasteiger partial charge in [0.15, 0.2) is 5.96 Å². The second-order valence-corrected chi connectivity index (χ2v) is 7.18. The van der Waals surface area contributed by atoms with E-state index in [0.29, 0.717) is 11.7 Å².